The molecule has 2 aromatic rings. The van der Waals surface area contributed by atoms with Crippen molar-refractivity contribution < 1.29 is 19.1 Å². The number of carbonyl (C=O) groups excluding carboxylic acids is 2. The summed E-state index contributed by atoms with van der Waals surface area (Å²) in [7, 11) is 0. The molecule has 1 fully saturated rings. The Hall–Kier alpha value is -2.34. The van der Waals surface area contributed by atoms with Gasteiger partial charge in [-0.25, -0.2) is 9.59 Å². The first-order valence-electron chi connectivity index (χ1n) is 6.77. The number of rotatable bonds is 4. The average molecular weight is 321 g/mol. The Kier molecular flexibility index (Phi) is 4.11. The Labute approximate surface area is 131 Å². The zero-order valence-corrected chi connectivity index (χ0v) is 12.3. The lowest BCUT2D eigenvalue weighted by atomic mass is 10.2. The molecular weight excluding hydrogens is 308 g/mol. The summed E-state index contributed by atoms with van der Waals surface area (Å²) in [6.45, 7) is 0.723. The summed E-state index contributed by atoms with van der Waals surface area (Å²) in [6.07, 6.45) is 2.53. The van der Waals surface area contributed by atoms with Crippen LogP contribution < -0.4 is 0 Å². The van der Waals surface area contributed by atoms with Gasteiger partial charge in [0.05, 0.1) is 24.9 Å². The summed E-state index contributed by atoms with van der Waals surface area (Å²) < 4.78 is 11.4. The molecule has 114 valence electrons. The molecule has 0 radical (unpaired) electrons. The molecule has 7 heteroatoms. The van der Waals surface area contributed by atoms with E-state index < -0.39 is 18.0 Å². The van der Waals surface area contributed by atoms with Crippen LogP contribution in [0.1, 0.15) is 22.3 Å². The van der Waals surface area contributed by atoms with Crippen LogP contribution in [0.3, 0.4) is 0 Å². The molecule has 1 atom stereocenters. The monoisotopic (exact) mass is 320 g/mol. The summed E-state index contributed by atoms with van der Waals surface area (Å²) in [5.41, 5.74) is 1.18. The lowest BCUT2D eigenvalue weighted by Crippen LogP contribution is -2.22. The van der Waals surface area contributed by atoms with Gasteiger partial charge in [0.2, 0.25) is 6.10 Å². The maximum absolute atomic E-state index is 12.0. The van der Waals surface area contributed by atoms with Gasteiger partial charge in [0.25, 0.3) is 0 Å². The number of benzene rings is 1. The third-order valence-corrected chi connectivity index (χ3v) is 3.66. The molecule has 0 spiro atoms. The van der Waals surface area contributed by atoms with E-state index in [-0.39, 0.29) is 12.2 Å². The third-order valence-electron chi connectivity index (χ3n) is 3.30. The second-order valence-electron chi connectivity index (χ2n) is 4.87. The molecule has 0 amide bonds. The normalized spacial score (nSPS) is 17.3. The molecular formula is C15H13ClN2O4. The minimum atomic E-state index is -0.820. The van der Waals surface area contributed by atoms with Crippen LogP contribution in [0.2, 0.25) is 5.02 Å². The maximum atomic E-state index is 12.0. The van der Waals surface area contributed by atoms with Gasteiger partial charge in [0.15, 0.2) is 0 Å². The van der Waals surface area contributed by atoms with Crippen LogP contribution in [0.25, 0.3) is 0 Å². The molecule has 0 bridgehead atoms. The van der Waals surface area contributed by atoms with E-state index in [1.165, 1.54) is 6.20 Å². The van der Waals surface area contributed by atoms with E-state index in [0.29, 0.717) is 18.0 Å². The fraction of sp³-hybridized carbons (Fsp3) is 0.267. The number of cyclic esters (lactones) is 1. The largest absolute Gasteiger partial charge is 0.463 e. The topological polar surface area (TPSA) is 70.4 Å². The van der Waals surface area contributed by atoms with Crippen molar-refractivity contribution >= 4 is 23.5 Å². The number of ether oxygens (including phenoxy) is 2. The fourth-order valence-electron chi connectivity index (χ4n) is 2.14. The van der Waals surface area contributed by atoms with Gasteiger partial charge in [-0.1, -0.05) is 29.8 Å². The first-order valence-corrected chi connectivity index (χ1v) is 7.15. The highest BCUT2D eigenvalue weighted by Gasteiger charge is 2.30. The van der Waals surface area contributed by atoms with Crippen molar-refractivity contribution in [2.24, 2.45) is 0 Å². The van der Waals surface area contributed by atoms with Crippen molar-refractivity contribution in [3.63, 3.8) is 0 Å². The molecule has 1 aliphatic heterocycles. The molecule has 1 aromatic heterocycles. The summed E-state index contributed by atoms with van der Waals surface area (Å²) in [5.74, 6) is -1.09. The predicted molar refractivity (Wildman–Crippen MR) is 77.6 cm³/mol. The Balaban J connectivity index is 1.67. The van der Waals surface area contributed by atoms with Crippen LogP contribution in [0.4, 0.5) is 0 Å². The number of halogens is 1. The van der Waals surface area contributed by atoms with Crippen molar-refractivity contribution in [1.29, 1.82) is 0 Å². The van der Waals surface area contributed by atoms with Crippen LogP contribution in [0.15, 0.2) is 36.7 Å². The minimum absolute atomic E-state index is 0.280. The van der Waals surface area contributed by atoms with Crippen molar-refractivity contribution in [3.05, 3.63) is 52.8 Å². The molecule has 1 saturated heterocycles. The van der Waals surface area contributed by atoms with E-state index in [4.69, 9.17) is 21.1 Å². The van der Waals surface area contributed by atoms with E-state index in [2.05, 4.69) is 5.10 Å². The molecule has 0 saturated carbocycles. The highest BCUT2D eigenvalue weighted by molar-refractivity contribution is 6.31. The molecule has 2 heterocycles. The SMILES string of the molecule is O=C(OC1CCOC1=O)c1cnn(Cc2ccccc2Cl)c1. The van der Waals surface area contributed by atoms with Gasteiger partial charge < -0.3 is 9.47 Å². The van der Waals surface area contributed by atoms with Crippen LogP contribution in [0.5, 0.6) is 0 Å². The zero-order valence-electron chi connectivity index (χ0n) is 11.6. The highest BCUT2D eigenvalue weighted by Crippen LogP contribution is 2.17. The van der Waals surface area contributed by atoms with Gasteiger partial charge >= 0.3 is 11.9 Å². The molecule has 1 unspecified atom stereocenters. The van der Waals surface area contributed by atoms with Gasteiger partial charge in [0, 0.05) is 17.6 Å². The molecule has 0 N–H and O–H groups in total. The van der Waals surface area contributed by atoms with Crippen LogP contribution in [-0.4, -0.2) is 34.4 Å². The van der Waals surface area contributed by atoms with Gasteiger partial charge in [-0.3, -0.25) is 4.68 Å². The highest BCUT2D eigenvalue weighted by atomic mass is 35.5. The quantitative estimate of drug-likeness (QED) is 0.806. The van der Waals surface area contributed by atoms with E-state index in [9.17, 15) is 9.59 Å². The lowest BCUT2D eigenvalue weighted by Gasteiger charge is -2.06. The van der Waals surface area contributed by atoms with Crippen molar-refractivity contribution in [2.75, 3.05) is 6.61 Å². The summed E-state index contributed by atoms with van der Waals surface area (Å²) in [5, 5.41) is 4.74. The van der Waals surface area contributed by atoms with Crippen molar-refractivity contribution in [3.8, 4) is 0 Å². The predicted octanol–water partition coefficient (Wildman–Crippen LogP) is 2.06. The van der Waals surface area contributed by atoms with Crippen molar-refractivity contribution in [1.82, 2.24) is 9.78 Å². The third kappa shape index (κ3) is 3.12. The Morgan fingerprint density at radius 2 is 2.27 bits per heavy atom. The average Bonchev–Trinajstić information content (AvgIpc) is 3.12. The number of esters is 2. The first kappa shape index (κ1) is 14.6. The van der Waals surface area contributed by atoms with Gasteiger partial charge in [-0.2, -0.15) is 5.10 Å². The van der Waals surface area contributed by atoms with Crippen LogP contribution in [0, 0.1) is 0 Å². The van der Waals surface area contributed by atoms with Gasteiger partial charge in [0.1, 0.15) is 0 Å². The summed E-state index contributed by atoms with van der Waals surface area (Å²) in [6, 6.07) is 7.40. The molecule has 1 aromatic carbocycles. The van der Waals surface area contributed by atoms with E-state index in [1.807, 2.05) is 18.2 Å². The summed E-state index contributed by atoms with van der Waals surface area (Å²) in [4.78, 5) is 23.3. The number of carbonyl (C=O) groups is 2. The zero-order chi connectivity index (χ0) is 15.5. The maximum Gasteiger partial charge on any atom is 0.347 e. The molecule has 3 rings (SSSR count). The van der Waals surface area contributed by atoms with E-state index in [0.717, 1.165) is 5.56 Å². The number of nitrogens with zero attached hydrogens (tertiary/aromatic N) is 2. The van der Waals surface area contributed by atoms with Crippen LogP contribution in [-0.2, 0) is 20.8 Å². The Morgan fingerprint density at radius 1 is 1.45 bits per heavy atom. The summed E-state index contributed by atoms with van der Waals surface area (Å²) >= 11 is 6.09. The molecule has 0 aliphatic carbocycles. The standard InChI is InChI=1S/C15H13ClN2O4/c16-12-4-2-1-3-10(12)8-18-9-11(7-17-18)14(19)22-13-5-6-21-15(13)20/h1-4,7,9,13H,5-6,8H2. The van der Waals surface area contributed by atoms with Gasteiger partial charge in [-0.15, -0.1) is 0 Å². The molecule has 22 heavy (non-hydrogen) atoms. The lowest BCUT2D eigenvalue weighted by molar-refractivity contribution is -0.145. The van der Waals surface area contributed by atoms with Gasteiger partial charge in [-0.05, 0) is 11.6 Å². The molecule has 1 aliphatic rings. The number of hydrogen-bond donors (Lipinski definition) is 0. The second-order valence-corrected chi connectivity index (χ2v) is 5.28. The minimum Gasteiger partial charge on any atom is -0.463 e. The Bertz CT molecular complexity index is 713. The fourth-order valence-corrected chi connectivity index (χ4v) is 2.33. The number of aromatic nitrogens is 2. The second kappa shape index (κ2) is 6.19. The van der Waals surface area contributed by atoms with E-state index >= 15 is 0 Å². The number of hydrogen-bond acceptors (Lipinski definition) is 5. The van der Waals surface area contributed by atoms with E-state index in [1.54, 1.807) is 16.9 Å². The van der Waals surface area contributed by atoms with Crippen LogP contribution >= 0.6 is 11.6 Å². The Morgan fingerprint density at radius 3 is 3.00 bits per heavy atom. The molecule has 6 nitrogen and oxygen atoms in total. The first-order chi connectivity index (χ1) is 10.6. The van der Waals surface area contributed by atoms with Crippen molar-refractivity contribution in [2.45, 2.75) is 19.1 Å². The smallest absolute Gasteiger partial charge is 0.347 e.